The van der Waals surface area contributed by atoms with E-state index in [1.54, 1.807) is 0 Å². The molecule has 0 bridgehead atoms. The first-order valence-electron chi connectivity index (χ1n) is 18.8. The summed E-state index contributed by atoms with van der Waals surface area (Å²) >= 11 is 0. The largest absolute Gasteiger partial charge is 0.309 e. The topological polar surface area (TPSA) is 9.86 Å². The fourth-order valence-electron chi connectivity index (χ4n) is 9.04. The van der Waals surface area contributed by atoms with E-state index < -0.39 is 0 Å². The number of hydrogen-bond acceptors (Lipinski definition) is 0. The van der Waals surface area contributed by atoms with E-state index in [1.165, 1.54) is 82.6 Å². The third kappa shape index (κ3) is 4.73. The number of hydrogen-bond donors (Lipinski definition) is 0. The first-order valence-corrected chi connectivity index (χ1v) is 18.8. The van der Waals surface area contributed by atoms with Gasteiger partial charge in [-0.2, -0.15) is 0 Å². The first kappa shape index (κ1) is 32.0. The lowest BCUT2D eigenvalue weighted by Gasteiger charge is -2.21. The van der Waals surface area contributed by atoms with Crippen LogP contribution in [0.15, 0.2) is 183 Å². The number of para-hydroxylation sites is 1. The molecular formula is C52H40N2. The van der Waals surface area contributed by atoms with Crippen LogP contribution in [0.3, 0.4) is 0 Å². The second-order valence-corrected chi connectivity index (χ2v) is 15.0. The molecule has 54 heavy (non-hydrogen) atoms. The van der Waals surface area contributed by atoms with Crippen molar-refractivity contribution in [1.29, 1.82) is 0 Å². The van der Waals surface area contributed by atoms with E-state index in [0.717, 1.165) is 16.9 Å². The zero-order valence-electron chi connectivity index (χ0n) is 30.8. The minimum Gasteiger partial charge on any atom is -0.309 e. The first-order chi connectivity index (χ1) is 26.5. The molecule has 0 fully saturated rings. The highest BCUT2D eigenvalue weighted by molar-refractivity contribution is 6.14. The van der Waals surface area contributed by atoms with Gasteiger partial charge in [0.05, 0.1) is 22.1 Å². The quantitative estimate of drug-likeness (QED) is 0.154. The van der Waals surface area contributed by atoms with Gasteiger partial charge in [0.15, 0.2) is 0 Å². The molecule has 0 radical (unpaired) electrons. The molecule has 0 aliphatic heterocycles. The maximum Gasteiger partial charge on any atom is 0.0544 e. The van der Waals surface area contributed by atoms with Crippen LogP contribution in [0, 0.1) is 0 Å². The summed E-state index contributed by atoms with van der Waals surface area (Å²) in [5.41, 5.74) is 17.2. The summed E-state index contributed by atoms with van der Waals surface area (Å²) in [4.78, 5) is 0. The van der Waals surface area contributed by atoms with Gasteiger partial charge in [-0.3, -0.25) is 0 Å². The third-order valence-electron chi connectivity index (χ3n) is 11.6. The summed E-state index contributed by atoms with van der Waals surface area (Å²) in [6.45, 7) is 10.8. The number of benzene rings is 7. The maximum atomic E-state index is 4.01. The molecular weight excluding hydrogens is 653 g/mol. The number of nitrogens with zero attached hydrogens (tertiary/aromatic N) is 2. The van der Waals surface area contributed by atoms with Crippen LogP contribution in [-0.4, -0.2) is 9.13 Å². The Hall–Kier alpha value is -6.64. The maximum absolute atomic E-state index is 4.01. The molecule has 0 unspecified atom stereocenters. The molecule has 2 aromatic heterocycles. The van der Waals surface area contributed by atoms with E-state index in [0.29, 0.717) is 0 Å². The summed E-state index contributed by atoms with van der Waals surface area (Å²) in [5.74, 6) is 0. The van der Waals surface area contributed by atoms with Crippen LogP contribution in [0.1, 0.15) is 37.5 Å². The molecule has 10 rings (SSSR count). The molecule has 2 nitrogen and oxygen atoms in total. The van der Waals surface area contributed by atoms with Crippen LogP contribution in [0.5, 0.6) is 0 Å². The van der Waals surface area contributed by atoms with E-state index >= 15 is 0 Å². The van der Waals surface area contributed by atoms with Crippen molar-refractivity contribution in [2.45, 2.75) is 26.2 Å². The molecule has 1 aliphatic carbocycles. The Morgan fingerprint density at radius 3 is 1.91 bits per heavy atom. The fourth-order valence-corrected chi connectivity index (χ4v) is 9.04. The van der Waals surface area contributed by atoms with Crippen LogP contribution in [0.2, 0.25) is 0 Å². The van der Waals surface area contributed by atoms with Crippen molar-refractivity contribution in [3.05, 3.63) is 199 Å². The average Bonchev–Trinajstić information content (AvgIpc) is 3.79. The molecule has 2 heteroatoms. The highest BCUT2D eigenvalue weighted by atomic mass is 15.0. The highest BCUT2D eigenvalue weighted by Crippen LogP contribution is 2.51. The van der Waals surface area contributed by atoms with Gasteiger partial charge in [-0.1, -0.05) is 130 Å². The third-order valence-corrected chi connectivity index (χ3v) is 11.6. The summed E-state index contributed by atoms with van der Waals surface area (Å²) in [5, 5.41) is 4.97. The van der Waals surface area contributed by atoms with Crippen molar-refractivity contribution in [2.24, 2.45) is 0 Å². The normalized spacial score (nSPS) is 13.7. The van der Waals surface area contributed by atoms with E-state index in [2.05, 4.69) is 206 Å². The van der Waals surface area contributed by atoms with Gasteiger partial charge in [-0.15, -0.1) is 0 Å². The van der Waals surface area contributed by atoms with Crippen molar-refractivity contribution in [1.82, 2.24) is 9.13 Å². The predicted molar refractivity (Wildman–Crippen MR) is 231 cm³/mol. The Bertz CT molecular complexity index is 3020. The Labute approximate surface area is 316 Å². The summed E-state index contributed by atoms with van der Waals surface area (Å²) in [6, 6.07) is 56.2. The van der Waals surface area contributed by atoms with Crippen LogP contribution in [-0.2, 0) is 5.41 Å². The van der Waals surface area contributed by atoms with E-state index in [1.807, 2.05) is 6.08 Å². The molecule has 9 aromatic rings. The molecule has 0 atom stereocenters. The average molecular weight is 693 g/mol. The zero-order chi connectivity index (χ0) is 36.6. The van der Waals surface area contributed by atoms with Gasteiger partial charge in [0.1, 0.15) is 0 Å². The Kier molecular flexibility index (Phi) is 7.25. The van der Waals surface area contributed by atoms with Crippen molar-refractivity contribution < 1.29 is 0 Å². The fraction of sp³-hybridized carbons (Fsp3) is 0.0769. The van der Waals surface area contributed by atoms with Crippen molar-refractivity contribution in [3.8, 4) is 33.6 Å². The van der Waals surface area contributed by atoms with Gasteiger partial charge in [0.2, 0.25) is 0 Å². The van der Waals surface area contributed by atoms with Gasteiger partial charge in [0, 0.05) is 38.3 Å². The Morgan fingerprint density at radius 1 is 0.519 bits per heavy atom. The van der Waals surface area contributed by atoms with Gasteiger partial charge >= 0.3 is 0 Å². The molecule has 0 spiro atoms. The van der Waals surface area contributed by atoms with E-state index in [4.69, 9.17) is 0 Å². The second kappa shape index (κ2) is 12.2. The number of rotatable bonds is 6. The van der Waals surface area contributed by atoms with Crippen LogP contribution >= 0.6 is 0 Å². The Morgan fingerprint density at radius 2 is 1.15 bits per heavy atom. The standard InChI is InChI=1S/C52H40N2/c1-5-15-34(16-6-2)36-23-27-49-43(29-36)45-32-41-40-21-13-14-22-46(40)52(3,4)47(41)33-51(45)54(49)39-25-28-50-44(31-39)42-30-37(35-17-9-7-10-18-35)24-26-48(42)53(50)38-19-11-8-12-20-38/h5-33H,1H2,2-4H3/b16-6-,34-15+. The molecule has 2 heterocycles. The second-order valence-electron chi connectivity index (χ2n) is 15.0. The molecule has 0 saturated heterocycles. The molecule has 0 N–H and O–H groups in total. The lowest BCUT2D eigenvalue weighted by Crippen LogP contribution is -2.14. The lowest BCUT2D eigenvalue weighted by molar-refractivity contribution is 0.661. The van der Waals surface area contributed by atoms with E-state index in [-0.39, 0.29) is 5.41 Å². The molecule has 258 valence electrons. The van der Waals surface area contributed by atoms with Crippen LogP contribution in [0.4, 0.5) is 0 Å². The molecule has 7 aromatic carbocycles. The predicted octanol–water partition coefficient (Wildman–Crippen LogP) is 14.0. The molecule has 1 aliphatic rings. The SMILES string of the molecule is C=C/C=C(\C=C/C)c1ccc2c(c1)c1cc3c(cc1n2-c1ccc2c(c1)c1cc(-c4ccccc4)ccc1n2-c1ccccc1)C(C)(C)c1ccccc1-3. The van der Waals surface area contributed by atoms with Crippen LogP contribution < -0.4 is 0 Å². The summed E-state index contributed by atoms with van der Waals surface area (Å²) in [6.07, 6.45) is 8.23. The van der Waals surface area contributed by atoms with E-state index in [9.17, 15) is 0 Å². The van der Waals surface area contributed by atoms with Crippen molar-refractivity contribution >= 4 is 49.2 Å². The number of aromatic nitrogens is 2. The zero-order valence-corrected chi connectivity index (χ0v) is 30.8. The minimum absolute atomic E-state index is 0.112. The van der Waals surface area contributed by atoms with Gasteiger partial charge in [-0.25, -0.2) is 0 Å². The molecule has 0 saturated carbocycles. The minimum atomic E-state index is -0.112. The monoisotopic (exact) mass is 692 g/mol. The van der Waals surface area contributed by atoms with Crippen LogP contribution in [0.25, 0.3) is 82.8 Å². The lowest BCUT2D eigenvalue weighted by atomic mass is 9.82. The number of fused-ring (bicyclic) bond motifs is 9. The highest BCUT2D eigenvalue weighted by Gasteiger charge is 2.36. The molecule has 0 amide bonds. The number of allylic oxidation sites excluding steroid dienone is 5. The summed E-state index contributed by atoms with van der Waals surface area (Å²) in [7, 11) is 0. The van der Waals surface area contributed by atoms with Gasteiger partial charge in [-0.05, 0) is 118 Å². The van der Waals surface area contributed by atoms with Crippen molar-refractivity contribution in [3.63, 3.8) is 0 Å². The van der Waals surface area contributed by atoms with Gasteiger partial charge < -0.3 is 9.13 Å². The van der Waals surface area contributed by atoms with Crippen molar-refractivity contribution in [2.75, 3.05) is 0 Å². The smallest absolute Gasteiger partial charge is 0.0544 e. The Balaban J connectivity index is 1.29. The van der Waals surface area contributed by atoms with Gasteiger partial charge in [0.25, 0.3) is 0 Å². The summed E-state index contributed by atoms with van der Waals surface area (Å²) < 4.78 is 4.90.